The van der Waals surface area contributed by atoms with Crippen LogP contribution >= 0.6 is 23.6 Å². The monoisotopic (exact) mass is 416 g/mol. The molecule has 0 radical (unpaired) electrons. The Balaban J connectivity index is 1.38. The van der Waals surface area contributed by atoms with Gasteiger partial charge in [0.15, 0.2) is 10.6 Å². The molecule has 0 bridgehead atoms. The molecule has 1 aliphatic carbocycles. The number of hydrogen-bond acceptors (Lipinski definition) is 6. The first-order valence-corrected chi connectivity index (χ1v) is 10.6. The van der Waals surface area contributed by atoms with E-state index in [0.717, 1.165) is 28.6 Å². The number of rotatable bonds is 9. The Morgan fingerprint density at radius 2 is 1.96 bits per heavy atom. The van der Waals surface area contributed by atoms with Crippen LogP contribution in [-0.4, -0.2) is 46.6 Å². The number of hydrogen-bond donors (Lipinski definition) is 0. The van der Waals surface area contributed by atoms with Crippen molar-refractivity contribution in [1.82, 2.24) is 19.2 Å². The number of benzene rings is 1. The maximum Gasteiger partial charge on any atom is 0.199 e. The molecule has 8 heteroatoms. The molecule has 0 N–H and O–H groups in total. The molecule has 1 aliphatic rings. The first kappa shape index (κ1) is 19.2. The van der Waals surface area contributed by atoms with Crippen LogP contribution in [0.2, 0.25) is 0 Å². The van der Waals surface area contributed by atoms with Crippen LogP contribution in [0.4, 0.5) is 0 Å². The van der Waals surface area contributed by atoms with Crippen LogP contribution in [0.3, 0.4) is 0 Å². The summed E-state index contributed by atoms with van der Waals surface area (Å²) >= 11 is 7.44. The molecule has 0 saturated heterocycles. The fourth-order valence-corrected chi connectivity index (χ4v) is 4.08. The highest BCUT2D eigenvalue weighted by molar-refractivity contribution is 7.71. The summed E-state index contributed by atoms with van der Waals surface area (Å²) in [6.07, 6.45) is 2.37. The topological polar surface area (TPSA) is 44.5 Å². The van der Waals surface area contributed by atoms with Gasteiger partial charge in [0.2, 0.25) is 0 Å². The highest BCUT2D eigenvalue weighted by atomic mass is 32.1. The average Bonchev–Trinajstić information content (AvgIpc) is 3.28. The maximum absolute atomic E-state index is 5.82. The molecule has 0 spiro atoms. The second kappa shape index (κ2) is 8.46. The van der Waals surface area contributed by atoms with Gasteiger partial charge in [-0.05, 0) is 67.8 Å². The third kappa shape index (κ3) is 4.29. The lowest BCUT2D eigenvalue weighted by Gasteiger charge is -2.16. The average molecular weight is 417 g/mol. The molecule has 1 aromatic carbocycles. The third-order valence-corrected chi connectivity index (χ3v) is 5.97. The molecule has 0 amide bonds. The van der Waals surface area contributed by atoms with E-state index < -0.39 is 0 Å². The van der Waals surface area contributed by atoms with Crippen molar-refractivity contribution in [3.8, 4) is 22.2 Å². The van der Waals surface area contributed by atoms with Crippen LogP contribution in [0.25, 0.3) is 10.7 Å². The fourth-order valence-electron chi connectivity index (χ4n) is 3.04. The third-order valence-electron chi connectivity index (χ3n) is 4.70. The Morgan fingerprint density at radius 1 is 1.21 bits per heavy atom. The maximum atomic E-state index is 5.82. The summed E-state index contributed by atoms with van der Waals surface area (Å²) in [6, 6.07) is 12.3. The summed E-state index contributed by atoms with van der Waals surface area (Å²) in [5, 5.41) is 6.91. The van der Waals surface area contributed by atoms with E-state index in [1.165, 1.54) is 17.7 Å². The fraction of sp³-hybridized carbons (Fsp3) is 0.400. The van der Waals surface area contributed by atoms with Crippen LogP contribution in [0.5, 0.6) is 11.5 Å². The summed E-state index contributed by atoms with van der Waals surface area (Å²) in [7, 11) is 3.71. The van der Waals surface area contributed by atoms with Crippen LogP contribution in [0.1, 0.15) is 18.9 Å². The lowest BCUT2D eigenvalue weighted by atomic mass is 10.3. The molecule has 2 aromatic heterocycles. The second-order valence-electron chi connectivity index (χ2n) is 6.93. The molecule has 148 valence electrons. The van der Waals surface area contributed by atoms with E-state index in [2.05, 4.69) is 34.0 Å². The highest BCUT2D eigenvalue weighted by Crippen LogP contribution is 2.39. The zero-order valence-corrected chi connectivity index (χ0v) is 17.7. The molecule has 6 nitrogen and oxygen atoms in total. The first-order valence-electron chi connectivity index (χ1n) is 9.34. The first-order chi connectivity index (χ1) is 13.7. The molecule has 4 rings (SSSR count). The van der Waals surface area contributed by atoms with Crippen molar-refractivity contribution in [3.05, 3.63) is 46.5 Å². The van der Waals surface area contributed by atoms with E-state index in [4.69, 9.17) is 26.8 Å². The number of ether oxygens (including phenoxy) is 2. The lowest BCUT2D eigenvalue weighted by molar-refractivity contribution is 0.197. The minimum Gasteiger partial charge on any atom is -0.497 e. The predicted octanol–water partition coefficient (Wildman–Crippen LogP) is 4.45. The van der Waals surface area contributed by atoms with Gasteiger partial charge in [0.05, 0.1) is 18.7 Å². The number of likely N-dealkylation sites (N-methyl/N-ethyl adjacent to an activating group) is 1. The predicted molar refractivity (Wildman–Crippen MR) is 114 cm³/mol. The van der Waals surface area contributed by atoms with E-state index >= 15 is 0 Å². The normalized spacial score (nSPS) is 13.8. The summed E-state index contributed by atoms with van der Waals surface area (Å²) in [5.41, 5.74) is 0. The Bertz CT molecular complexity index is 959. The summed E-state index contributed by atoms with van der Waals surface area (Å²) < 4.78 is 15.9. The molecular weight excluding hydrogens is 392 g/mol. The number of nitrogens with zero attached hydrogens (tertiary/aromatic N) is 4. The van der Waals surface area contributed by atoms with Gasteiger partial charge in [-0.15, -0.1) is 16.4 Å². The number of thiophene rings is 1. The Hall–Kier alpha value is -2.16. The zero-order chi connectivity index (χ0) is 19.5. The van der Waals surface area contributed by atoms with Crippen LogP contribution in [0.15, 0.2) is 41.8 Å². The molecule has 1 saturated carbocycles. The number of aromatic nitrogens is 3. The van der Waals surface area contributed by atoms with Crippen molar-refractivity contribution in [2.75, 3.05) is 27.3 Å². The van der Waals surface area contributed by atoms with E-state index in [9.17, 15) is 0 Å². The summed E-state index contributed by atoms with van der Waals surface area (Å²) in [5.74, 6) is 2.65. The largest absolute Gasteiger partial charge is 0.497 e. The quantitative estimate of drug-likeness (QED) is 0.482. The van der Waals surface area contributed by atoms with E-state index in [1.54, 1.807) is 18.4 Å². The van der Waals surface area contributed by atoms with Crippen molar-refractivity contribution < 1.29 is 9.47 Å². The summed E-state index contributed by atoms with van der Waals surface area (Å²) in [4.78, 5) is 3.34. The standard InChI is InChI=1S/C20H24N4O2S2/c1-22(11-12-26-17-9-7-16(25-2)8-10-17)14-23-20(27)24(15-5-6-15)19(21-23)18-4-3-13-28-18/h3-4,7-10,13,15H,5-6,11-12,14H2,1-2H3. The van der Waals surface area contributed by atoms with Gasteiger partial charge >= 0.3 is 0 Å². The molecule has 0 aliphatic heterocycles. The molecule has 0 atom stereocenters. The van der Waals surface area contributed by atoms with Crippen LogP contribution in [-0.2, 0) is 6.67 Å². The minimum atomic E-state index is 0.502. The van der Waals surface area contributed by atoms with Crippen molar-refractivity contribution >= 4 is 23.6 Å². The van der Waals surface area contributed by atoms with E-state index in [-0.39, 0.29) is 0 Å². The van der Waals surface area contributed by atoms with Gasteiger partial charge in [-0.25, -0.2) is 4.68 Å². The second-order valence-corrected chi connectivity index (χ2v) is 8.24. The van der Waals surface area contributed by atoms with E-state index in [0.29, 0.717) is 19.3 Å². The zero-order valence-electron chi connectivity index (χ0n) is 16.1. The van der Waals surface area contributed by atoms with Crippen LogP contribution in [0, 0.1) is 4.77 Å². The number of methoxy groups -OCH3 is 1. The lowest BCUT2D eigenvalue weighted by Crippen LogP contribution is -2.27. The smallest absolute Gasteiger partial charge is 0.199 e. The molecular formula is C20H24N4O2S2. The SMILES string of the molecule is COc1ccc(OCCN(C)Cn2nc(-c3cccs3)n(C3CC3)c2=S)cc1. The highest BCUT2D eigenvalue weighted by Gasteiger charge is 2.29. The Kier molecular flexibility index (Phi) is 5.79. The van der Waals surface area contributed by atoms with Gasteiger partial charge in [-0.1, -0.05) is 6.07 Å². The van der Waals surface area contributed by atoms with Crippen molar-refractivity contribution in [2.24, 2.45) is 0 Å². The van der Waals surface area contributed by atoms with Gasteiger partial charge in [0.25, 0.3) is 0 Å². The molecule has 1 fully saturated rings. The van der Waals surface area contributed by atoms with E-state index in [1.807, 2.05) is 28.9 Å². The molecule has 3 aromatic rings. The van der Waals surface area contributed by atoms with Crippen molar-refractivity contribution in [2.45, 2.75) is 25.6 Å². The van der Waals surface area contributed by atoms with Crippen molar-refractivity contribution in [1.29, 1.82) is 0 Å². The summed E-state index contributed by atoms with van der Waals surface area (Å²) in [6.45, 7) is 2.01. The van der Waals surface area contributed by atoms with Gasteiger partial charge < -0.3 is 9.47 Å². The van der Waals surface area contributed by atoms with Gasteiger partial charge in [-0.3, -0.25) is 9.47 Å². The van der Waals surface area contributed by atoms with Gasteiger partial charge in [-0.2, -0.15) is 0 Å². The molecule has 28 heavy (non-hydrogen) atoms. The Labute approximate surface area is 173 Å². The van der Waals surface area contributed by atoms with Gasteiger partial charge in [0.1, 0.15) is 18.1 Å². The molecule has 2 heterocycles. The van der Waals surface area contributed by atoms with Gasteiger partial charge in [0, 0.05) is 12.6 Å². The minimum absolute atomic E-state index is 0.502. The van der Waals surface area contributed by atoms with Crippen LogP contribution < -0.4 is 9.47 Å². The molecule has 0 unspecified atom stereocenters. The van der Waals surface area contributed by atoms with Crippen molar-refractivity contribution in [3.63, 3.8) is 0 Å². The Morgan fingerprint density at radius 3 is 2.61 bits per heavy atom.